The van der Waals surface area contributed by atoms with Crippen molar-refractivity contribution in [3.05, 3.63) is 17.7 Å². The van der Waals surface area contributed by atoms with Crippen LogP contribution in [0.3, 0.4) is 0 Å². The number of aryl methyl sites for hydroxylation is 1. The molecule has 0 N–H and O–H groups in total. The second kappa shape index (κ2) is 8.43. The van der Waals surface area contributed by atoms with E-state index in [0.29, 0.717) is 0 Å². The SMILES string of the molecule is CCCCCCC(C)(CCCCC)c1cc(F)nn1C. The Balaban J connectivity index is 2.74. The Morgan fingerprint density at radius 2 is 1.60 bits per heavy atom. The van der Waals surface area contributed by atoms with Crippen molar-refractivity contribution in [1.29, 1.82) is 0 Å². The molecule has 0 aliphatic rings. The molecule has 0 radical (unpaired) electrons. The topological polar surface area (TPSA) is 17.8 Å². The smallest absolute Gasteiger partial charge is 0.232 e. The van der Waals surface area contributed by atoms with Crippen molar-refractivity contribution in [3.63, 3.8) is 0 Å². The summed E-state index contributed by atoms with van der Waals surface area (Å²) >= 11 is 0. The van der Waals surface area contributed by atoms with Crippen LogP contribution in [0.1, 0.15) is 84.3 Å². The van der Waals surface area contributed by atoms with E-state index in [-0.39, 0.29) is 11.4 Å². The van der Waals surface area contributed by atoms with E-state index >= 15 is 0 Å². The van der Waals surface area contributed by atoms with Gasteiger partial charge in [-0.15, -0.1) is 5.10 Å². The summed E-state index contributed by atoms with van der Waals surface area (Å²) in [5, 5.41) is 3.90. The third-order valence-electron chi connectivity index (χ3n) is 4.38. The van der Waals surface area contributed by atoms with Crippen molar-refractivity contribution in [2.24, 2.45) is 7.05 Å². The number of rotatable bonds is 10. The van der Waals surface area contributed by atoms with Gasteiger partial charge in [0.25, 0.3) is 0 Å². The van der Waals surface area contributed by atoms with E-state index < -0.39 is 0 Å². The van der Waals surface area contributed by atoms with Crippen LogP contribution in [0.5, 0.6) is 0 Å². The van der Waals surface area contributed by atoms with Crippen LogP contribution in [0.4, 0.5) is 4.39 Å². The predicted octanol–water partition coefficient (Wildman–Crippen LogP) is 5.37. The van der Waals surface area contributed by atoms with Crippen LogP contribution in [0.25, 0.3) is 0 Å². The van der Waals surface area contributed by atoms with E-state index in [2.05, 4.69) is 25.9 Å². The molecular weight excluding hydrogens is 251 g/mol. The van der Waals surface area contributed by atoms with Crippen molar-refractivity contribution in [2.75, 3.05) is 0 Å². The highest BCUT2D eigenvalue weighted by Crippen LogP contribution is 2.35. The third-order valence-corrected chi connectivity index (χ3v) is 4.38. The lowest BCUT2D eigenvalue weighted by atomic mass is 9.77. The standard InChI is InChI=1S/C17H31FN2/c1-5-7-9-11-13-17(3,12-10-8-6-2)15-14-16(18)19-20(15)4/h14H,5-13H2,1-4H3. The molecule has 1 unspecified atom stereocenters. The molecule has 0 spiro atoms. The molecule has 0 aliphatic carbocycles. The van der Waals surface area contributed by atoms with Crippen LogP contribution < -0.4 is 0 Å². The van der Waals surface area contributed by atoms with Crippen molar-refractivity contribution in [2.45, 2.75) is 84.0 Å². The van der Waals surface area contributed by atoms with Gasteiger partial charge in [0.15, 0.2) is 0 Å². The normalized spacial score (nSPS) is 14.4. The Morgan fingerprint density at radius 3 is 2.10 bits per heavy atom. The van der Waals surface area contributed by atoms with Gasteiger partial charge in [-0.25, -0.2) is 0 Å². The highest BCUT2D eigenvalue weighted by Gasteiger charge is 2.29. The van der Waals surface area contributed by atoms with E-state index in [9.17, 15) is 4.39 Å². The zero-order chi connectivity index (χ0) is 15.0. The van der Waals surface area contributed by atoms with E-state index in [1.54, 1.807) is 10.7 Å². The maximum absolute atomic E-state index is 13.4. The van der Waals surface area contributed by atoms with Crippen LogP contribution in [-0.4, -0.2) is 9.78 Å². The van der Waals surface area contributed by atoms with Gasteiger partial charge in [0.2, 0.25) is 5.95 Å². The van der Waals surface area contributed by atoms with Gasteiger partial charge in [0.05, 0.1) is 0 Å². The fourth-order valence-electron chi connectivity index (χ4n) is 3.09. The summed E-state index contributed by atoms with van der Waals surface area (Å²) in [6.07, 6.45) is 11.0. The Hall–Kier alpha value is -0.860. The van der Waals surface area contributed by atoms with Crippen LogP contribution >= 0.6 is 0 Å². The summed E-state index contributed by atoms with van der Waals surface area (Å²) in [6.45, 7) is 6.74. The molecule has 20 heavy (non-hydrogen) atoms. The molecule has 2 nitrogen and oxygen atoms in total. The molecule has 1 atom stereocenters. The summed E-state index contributed by atoms with van der Waals surface area (Å²) in [5.41, 5.74) is 1.12. The Morgan fingerprint density at radius 1 is 1.05 bits per heavy atom. The zero-order valence-electron chi connectivity index (χ0n) is 13.7. The number of hydrogen-bond donors (Lipinski definition) is 0. The molecule has 0 aromatic carbocycles. The molecule has 0 fully saturated rings. The van der Waals surface area contributed by atoms with Gasteiger partial charge >= 0.3 is 0 Å². The molecule has 0 saturated carbocycles. The molecule has 3 heteroatoms. The molecule has 1 aromatic heterocycles. The average Bonchev–Trinajstić information content (AvgIpc) is 2.75. The fraction of sp³-hybridized carbons (Fsp3) is 0.824. The highest BCUT2D eigenvalue weighted by atomic mass is 19.1. The summed E-state index contributed by atoms with van der Waals surface area (Å²) in [5.74, 6) is -0.349. The first-order chi connectivity index (χ1) is 9.53. The zero-order valence-corrected chi connectivity index (χ0v) is 13.7. The number of nitrogens with zero attached hydrogens (tertiary/aromatic N) is 2. The lowest BCUT2D eigenvalue weighted by Crippen LogP contribution is -2.25. The van der Waals surface area contributed by atoms with E-state index in [1.807, 2.05) is 7.05 Å². The molecule has 0 amide bonds. The van der Waals surface area contributed by atoms with Gasteiger partial charge < -0.3 is 0 Å². The Kier molecular flexibility index (Phi) is 7.25. The maximum atomic E-state index is 13.4. The average molecular weight is 282 g/mol. The van der Waals surface area contributed by atoms with Gasteiger partial charge in [-0.2, -0.15) is 4.39 Å². The first-order valence-corrected chi connectivity index (χ1v) is 8.23. The third kappa shape index (κ3) is 4.92. The van der Waals surface area contributed by atoms with Crippen LogP contribution in [-0.2, 0) is 12.5 Å². The second-order valence-corrected chi connectivity index (χ2v) is 6.30. The van der Waals surface area contributed by atoms with Gasteiger partial charge in [0.1, 0.15) is 0 Å². The summed E-state index contributed by atoms with van der Waals surface area (Å²) < 4.78 is 15.2. The molecule has 0 aliphatic heterocycles. The first-order valence-electron chi connectivity index (χ1n) is 8.23. The van der Waals surface area contributed by atoms with Crippen molar-refractivity contribution >= 4 is 0 Å². The maximum Gasteiger partial charge on any atom is 0.232 e. The van der Waals surface area contributed by atoms with E-state index in [4.69, 9.17) is 0 Å². The molecule has 0 bridgehead atoms. The van der Waals surface area contributed by atoms with Crippen LogP contribution in [0.15, 0.2) is 6.07 Å². The number of hydrogen-bond acceptors (Lipinski definition) is 1. The minimum Gasteiger partial charge on any atom is -0.269 e. The predicted molar refractivity (Wildman–Crippen MR) is 83.4 cm³/mol. The van der Waals surface area contributed by atoms with Crippen LogP contribution in [0, 0.1) is 5.95 Å². The van der Waals surface area contributed by atoms with Gasteiger partial charge in [-0.1, -0.05) is 65.7 Å². The molecule has 1 aromatic rings. The van der Waals surface area contributed by atoms with Crippen molar-refractivity contribution < 1.29 is 4.39 Å². The van der Waals surface area contributed by atoms with E-state index in [1.165, 1.54) is 44.9 Å². The molecular formula is C17H31FN2. The fourth-order valence-corrected chi connectivity index (χ4v) is 3.09. The molecule has 116 valence electrons. The number of aromatic nitrogens is 2. The van der Waals surface area contributed by atoms with E-state index in [0.717, 1.165) is 18.5 Å². The largest absolute Gasteiger partial charge is 0.269 e. The minimum absolute atomic E-state index is 0.0645. The van der Waals surface area contributed by atoms with Crippen LogP contribution in [0.2, 0.25) is 0 Å². The molecule has 1 rings (SSSR count). The summed E-state index contributed by atoms with van der Waals surface area (Å²) in [6, 6.07) is 1.63. The van der Waals surface area contributed by atoms with Gasteiger partial charge in [-0.05, 0) is 12.8 Å². The summed E-state index contributed by atoms with van der Waals surface area (Å²) in [7, 11) is 1.86. The minimum atomic E-state index is -0.349. The monoisotopic (exact) mass is 282 g/mol. The quantitative estimate of drug-likeness (QED) is 0.528. The number of halogens is 1. The number of unbranched alkanes of at least 4 members (excludes halogenated alkanes) is 5. The van der Waals surface area contributed by atoms with Gasteiger partial charge in [0, 0.05) is 24.2 Å². The Bertz CT molecular complexity index is 386. The molecule has 0 saturated heterocycles. The second-order valence-electron chi connectivity index (χ2n) is 6.30. The van der Waals surface area contributed by atoms with Gasteiger partial charge in [-0.3, -0.25) is 4.68 Å². The van der Waals surface area contributed by atoms with Crippen molar-refractivity contribution in [3.8, 4) is 0 Å². The lowest BCUT2D eigenvalue weighted by Gasteiger charge is -2.30. The molecule has 1 heterocycles. The Labute approximate surface area is 123 Å². The van der Waals surface area contributed by atoms with Crippen molar-refractivity contribution in [1.82, 2.24) is 9.78 Å². The highest BCUT2D eigenvalue weighted by molar-refractivity contribution is 5.15. The summed E-state index contributed by atoms with van der Waals surface area (Å²) in [4.78, 5) is 0. The lowest BCUT2D eigenvalue weighted by molar-refractivity contribution is 0.344. The first kappa shape index (κ1) is 17.2.